The molecule has 3 nitrogen and oxygen atoms in total. The maximum absolute atomic E-state index is 5.93. The van der Waals surface area contributed by atoms with Gasteiger partial charge in [-0.3, -0.25) is 4.90 Å². The minimum atomic E-state index is 0.828. The van der Waals surface area contributed by atoms with Gasteiger partial charge < -0.3 is 10.6 Å². The molecule has 3 rings (SSSR count). The number of nitrogens with two attached hydrogens (primary N) is 1. The highest BCUT2D eigenvalue weighted by molar-refractivity contribution is 9.10. The van der Waals surface area contributed by atoms with Gasteiger partial charge in [0, 0.05) is 22.7 Å². The predicted octanol–water partition coefficient (Wildman–Crippen LogP) is 3.48. The van der Waals surface area contributed by atoms with Gasteiger partial charge >= 0.3 is 0 Å². The number of rotatable bonds is 3. The van der Waals surface area contributed by atoms with Crippen LogP contribution in [-0.4, -0.2) is 42.0 Å². The van der Waals surface area contributed by atoms with Gasteiger partial charge in [-0.15, -0.1) is 0 Å². The molecular weight excluding hydrogens is 326 g/mol. The van der Waals surface area contributed by atoms with E-state index in [1.165, 1.54) is 63.8 Å². The third-order valence-corrected chi connectivity index (χ3v) is 5.31. The molecule has 0 spiro atoms. The van der Waals surface area contributed by atoms with E-state index in [4.69, 9.17) is 5.73 Å². The van der Waals surface area contributed by atoms with Crippen LogP contribution in [-0.2, 0) is 6.54 Å². The van der Waals surface area contributed by atoms with Crippen LogP contribution in [0.2, 0.25) is 0 Å². The molecule has 2 fully saturated rings. The van der Waals surface area contributed by atoms with Crippen molar-refractivity contribution in [2.45, 2.75) is 44.7 Å². The van der Waals surface area contributed by atoms with E-state index in [9.17, 15) is 0 Å². The Balaban J connectivity index is 1.51. The van der Waals surface area contributed by atoms with Crippen molar-refractivity contribution in [2.24, 2.45) is 0 Å². The summed E-state index contributed by atoms with van der Waals surface area (Å²) in [6.07, 6.45) is 6.88. The van der Waals surface area contributed by atoms with E-state index in [0.29, 0.717) is 0 Å². The summed E-state index contributed by atoms with van der Waals surface area (Å²) in [7, 11) is 0. The number of hydrogen-bond donors (Lipinski definition) is 1. The zero-order valence-corrected chi connectivity index (χ0v) is 14.3. The van der Waals surface area contributed by atoms with Crippen molar-refractivity contribution < 1.29 is 0 Å². The summed E-state index contributed by atoms with van der Waals surface area (Å²) in [5, 5.41) is 0. The second kappa shape index (κ2) is 7.12. The number of likely N-dealkylation sites (tertiary alicyclic amines) is 2. The largest absolute Gasteiger partial charge is 0.399 e. The molecular formula is C17H26BrN3. The molecule has 0 saturated carbocycles. The van der Waals surface area contributed by atoms with E-state index in [-0.39, 0.29) is 0 Å². The molecule has 2 N–H and O–H groups in total. The first kappa shape index (κ1) is 15.3. The van der Waals surface area contributed by atoms with E-state index in [2.05, 4.69) is 37.9 Å². The first-order valence-corrected chi connectivity index (χ1v) is 9.01. The van der Waals surface area contributed by atoms with Crippen LogP contribution in [0.5, 0.6) is 0 Å². The van der Waals surface area contributed by atoms with Crippen molar-refractivity contribution in [3.05, 3.63) is 28.2 Å². The van der Waals surface area contributed by atoms with Gasteiger partial charge in [0.1, 0.15) is 0 Å². The average molecular weight is 352 g/mol. The number of halogens is 1. The third-order valence-electron chi connectivity index (χ3n) is 4.85. The molecule has 0 atom stereocenters. The Hall–Kier alpha value is -0.580. The highest BCUT2D eigenvalue weighted by Crippen LogP contribution is 2.23. The molecule has 1 aromatic carbocycles. The summed E-state index contributed by atoms with van der Waals surface area (Å²) in [6, 6.07) is 7.08. The van der Waals surface area contributed by atoms with Crippen molar-refractivity contribution in [1.82, 2.24) is 9.80 Å². The molecule has 0 aliphatic carbocycles. The predicted molar refractivity (Wildman–Crippen MR) is 92.3 cm³/mol. The topological polar surface area (TPSA) is 32.5 Å². The van der Waals surface area contributed by atoms with Crippen LogP contribution in [0, 0.1) is 0 Å². The molecule has 2 saturated heterocycles. The number of nitrogen functional groups attached to an aromatic ring is 1. The second-order valence-corrected chi connectivity index (χ2v) is 7.41. The standard InChI is InChI=1S/C17H26BrN3/c18-15-10-14(11-16(19)12-15)13-20-8-4-17(5-9-20)21-6-2-1-3-7-21/h10-12,17H,1-9,13,19H2. The number of anilines is 1. The molecule has 0 aromatic heterocycles. The van der Waals surface area contributed by atoms with Crippen LogP contribution in [0.4, 0.5) is 5.69 Å². The molecule has 2 aliphatic heterocycles. The molecule has 0 amide bonds. The van der Waals surface area contributed by atoms with Crippen LogP contribution in [0.1, 0.15) is 37.7 Å². The highest BCUT2D eigenvalue weighted by Gasteiger charge is 2.25. The Morgan fingerprint density at radius 2 is 1.71 bits per heavy atom. The second-order valence-electron chi connectivity index (χ2n) is 6.50. The Morgan fingerprint density at radius 1 is 1.00 bits per heavy atom. The van der Waals surface area contributed by atoms with Crippen molar-refractivity contribution >= 4 is 21.6 Å². The van der Waals surface area contributed by atoms with Gasteiger partial charge in [0.05, 0.1) is 0 Å². The molecule has 0 unspecified atom stereocenters. The summed E-state index contributed by atoms with van der Waals surface area (Å²) in [4.78, 5) is 5.31. The van der Waals surface area contributed by atoms with Gasteiger partial charge in [-0.1, -0.05) is 22.4 Å². The van der Waals surface area contributed by atoms with Gasteiger partial charge in [-0.2, -0.15) is 0 Å². The average Bonchev–Trinajstić information content (AvgIpc) is 2.48. The SMILES string of the molecule is Nc1cc(Br)cc(CN2CCC(N3CCCCC3)CC2)c1. The summed E-state index contributed by atoms with van der Waals surface area (Å²) in [5.74, 6) is 0. The fraction of sp³-hybridized carbons (Fsp3) is 0.647. The first-order chi connectivity index (χ1) is 10.2. The van der Waals surface area contributed by atoms with Gasteiger partial charge in [0.2, 0.25) is 0 Å². The normalized spacial score (nSPS) is 22.5. The molecule has 21 heavy (non-hydrogen) atoms. The fourth-order valence-corrected chi connectivity index (χ4v) is 4.31. The maximum atomic E-state index is 5.93. The van der Waals surface area contributed by atoms with Gasteiger partial charge in [-0.25, -0.2) is 0 Å². The van der Waals surface area contributed by atoms with Crippen molar-refractivity contribution in [2.75, 3.05) is 31.9 Å². The summed E-state index contributed by atoms with van der Waals surface area (Å²) in [6.45, 7) is 6.11. The molecule has 4 heteroatoms. The number of nitrogens with zero attached hydrogens (tertiary/aromatic N) is 2. The highest BCUT2D eigenvalue weighted by atomic mass is 79.9. The van der Waals surface area contributed by atoms with Crippen LogP contribution in [0.25, 0.3) is 0 Å². The Morgan fingerprint density at radius 3 is 2.38 bits per heavy atom. The van der Waals surface area contributed by atoms with Crippen LogP contribution in [0.15, 0.2) is 22.7 Å². The van der Waals surface area contributed by atoms with Crippen molar-refractivity contribution in [3.63, 3.8) is 0 Å². The minimum Gasteiger partial charge on any atom is -0.399 e. The first-order valence-electron chi connectivity index (χ1n) is 8.22. The van der Waals surface area contributed by atoms with E-state index >= 15 is 0 Å². The van der Waals surface area contributed by atoms with Crippen molar-refractivity contribution in [1.29, 1.82) is 0 Å². The van der Waals surface area contributed by atoms with Crippen LogP contribution in [0.3, 0.4) is 0 Å². The molecule has 2 aliphatic rings. The van der Waals surface area contributed by atoms with E-state index < -0.39 is 0 Å². The van der Waals surface area contributed by atoms with E-state index in [1.807, 2.05) is 6.07 Å². The minimum absolute atomic E-state index is 0.828. The monoisotopic (exact) mass is 351 g/mol. The lowest BCUT2D eigenvalue weighted by atomic mass is 9.99. The quantitative estimate of drug-likeness (QED) is 0.846. The maximum Gasteiger partial charge on any atom is 0.0328 e. The molecule has 0 radical (unpaired) electrons. The van der Waals surface area contributed by atoms with Crippen LogP contribution < -0.4 is 5.73 Å². The summed E-state index contributed by atoms with van der Waals surface area (Å²) < 4.78 is 1.08. The number of hydrogen-bond acceptors (Lipinski definition) is 3. The fourth-order valence-electron chi connectivity index (χ4n) is 3.75. The Kier molecular flexibility index (Phi) is 5.19. The lowest BCUT2D eigenvalue weighted by Gasteiger charge is -2.40. The molecule has 1 aromatic rings. The Labute approximate surface area is 136 Å². The van der Waals surface area contributed by atoms with Gasteiger partial charge in [0.15, 0.2) is 0 Å². The van der Waals surface area contributed by atoms with Gasteiger partial charge in [-0.05, 0) is 75.6 Å². The van der Waals surface area contributed by atoms with E-state index in [1.54, 1.807) is 0 Å². The lowest BCUT2D eigenvalue weighted by molar-refractivity contribution is 0.0896. The molecule has 0 bridgehead atoms. The zero-order chi connectivity index (χ0) is 14.7. The zero-order valence-electron chi connectivity index (χ0n) is 12.7. The van der Waals surface area contributed by atoms with E-state index in [0.717, 1.165) is 22.7 Å². The van der Waals surface area contributed by atoms with Gasteiger partial charge in [0.25, 0.3) is 0 Å². The number of piperidine rings is 2. The summed E-state index contributed by atoms with van der Waals surface area (Å²) in [5.41, 5.74) is 8.10. The molecule has 116 valence electrons. The Bertz CT molecular complexity index is 443. The summed E-state index contributed by atoms with van der Waals surface area (Å²) >= 11 is 3.53. The third kappa shape index (κ3) is 4.21. The van der Waals surface area contributed by atoms with Crippen LogP contribution >= 0.6 is 15.9 Å². The number of benzene rings is 1. The smallest absolute Gasteiger partial charge is 0.0328 e. The van der Waals surface area contributed by atoms with Crippen molar-refractivity contribution in [3.8, 4) is 0 Å². The lowest BCUT2D eigenvalue weighted by Crippen LogP contribution is -2.46. The molecule has 2 heterocycles.